The molecule has 0 fully saturated rings. The number of nitrogens with one attached hydrogen (secondary N) is 2. The molecular weight excluding hydrogens is 380 g/mol. The number of hydrogen-bond acceptors (Lipinski definition) is 6. The molecule has 2 heterocycles. The number of rotatable bonds is 7. The average molecular weight is 421 g/mol. The van der Waals surface area contributed by atoms with E-state index in [9.17, 15) is 9.59 Å². The predicted octanol–water partition coefficient (Wildman–Crippen LogP) is 4.50. The van der Waals surface area contributed by atoms with Crippen LogP contribution >= 0.6 is 0 Å². The Hall–Kier alpha value is -1.66. The van der Waals surface area contributed by atoms with Crippen LogP contribution in [-0.2, 0) is 19.1 Å². The Balaban J connectivity index is 1.73. The molecule has 2 aliphatic rings. The molecule has 6 nitrogen and oxygen atoms in total. The van der Waals surface area contributed by atoms with E-state index < -0.39 is 0 Å². The molecule has 0 aromatic carbocycles. The summed E-state index contributed by atoms with van der Waals surface area (Å²) in [6, 6.07) is 0. The molecule has 0 spiro atoms. The van der Waals surface area contributed by atoms with Gasteiger partial charge in [-0.15, -0.1) is 0 Å². The van der Waals surface area contributed by atoms with Crippen molar-refractivity contribution in [2.24, 2.45) is 0 Å². The van der Waals surface area contributed by atoms with E-state index in [4.69, 9.17) is 9.47 Å². The van der Waals surface area contributed by atoms with E-state index in [1.807, 2.05) is 12.2 Å². The highest BCUT2D eigenvalue weighted by Crippen LogP contribution is 2.29. The molecule has 0 aliphatic carbocycles. The Morgan fingerprint density at radius 3 is 1.37 bits per heavy atom. The molecular formula is C24H40N2O4. The van der Waals surface area contributed by atoms with Gasteiger partial charge in [0, 0.05) is 47.8 Å². The van der Waals surface area contributed by atoms with Gasteiger partial charge in [-0.25, -0.2) is 0 Å². The molecule has 2 rings (SSSR count). The number of unbranched alkanes of at least 4 members (excludes halogenated alkanes) is 1. The lowest BCUT2D eigenvalue weighted by molar-refractivity contribution is -0.142. The van der Waals surface area contributed by atoms with E-state index in [0.29, 0.717) is 38.5 Å². The molecule has 2 N–H and O–H groups in total. The van der Waals surface area contributed by atoms with Crippen molar-refractivity contribution in [3.05, 3.63) is 23.7 Å². The highest BCUT2D eigenvalue weighted by molar-refractivity contribution is 5.72. The molecule has 30 heavy (non-hydrogen) atoms. The maximum absolute atomic E-state index is 12.2. The van der Waals surface area contributed by atoms with Crippen molar-refractivity contribution in [1.82, 2.24) is 10.6 Å². The van der Waals surface area contributed by atoms with Crippen LogP contribution in [0.2, 0.25) is 0 Å². The van der Waals surface area contributed by atoms with Crippen LogP contribution in [0.25, 0.3) is 0 Å². The van der Waals surface area contributed by atoms with Gasteiger partial charge < -0.3 is 20.1 Å². The Morgan fingerprint density at radius 1 is 0.733 bits per heavy atom. The molecule has 0 amide bonds. The third-order valence-corrected chi connectivity index (χ3v) is 5.10. The summed E-state index contributed by atoms with van der Waals surface area (Å²) in [7, 11) is 0. The zero-order valence-electron chi connectivity index (χ0n) is 20.0. The van der Waals surface area contributed by atoms with Gasteiger partial charge in [0.25, 0.3) is 0 Å². The van der Waals surface area contributed by atoms with Crippen molar-refractivity contribution < 1.29 is 19.1 Å². The van der Waals surface area contributed by atoms with E-state index in [1.165, 1.54) is 0 Å². The molecule has 2 aliphatic heterocycles. The fourth-order valence-electron chi connectivity index (χ4n) is 4.75. The number of esters is 2. The largest absolute Gasteiger partial charge is 0.431 e. The molecule has 0 bridgehead atoms. The minimum atomic E-state index is -0.243. The van der Waals surface area contributed by atoms with Gasteiger partial charge >= 0.3 is 11.9 Å². The molecule has 0 saturated heterocycles. The van der Waals surface area contributed by atoms with E-state index in [0.717, 1.165) is 11.5 Å². The van der Waals surface area contributed by atoms with Crippen molar-refractivity contribution >= 4 is 11.9 Å². The molecule has 0 aromatic heterocycles. The second-order valence-electron chi connectivity index (χ2n) is 11.2. The first-order valence-electron chi connectivity index (χ1n) is 11.0. The molecule has 6 heteroatoms. The van der Waals surface area contributed by atoms with Gasteiger partial charge in [0.1, 0.15) is 11.5 Å². The third kappa shape index (κ3) is 8.23. The van der Waals surface area contributed by atoms with Crippen molar-refractivity contribution in [1.29, 1.82) is 0 Å². The number of carbonyl (C=O) groups is 2. The lowest BCUT2D eigenvalue weighted by Crippen LogP contribution is -2.54. The van der Waals surface area contributed by atoms with E-state index in [1.54, 1.807) is 0 Å². The SMILES string of the molecule is CC1(C)C=C(OC(=O)CCCCC(=O)OC2=CC(C)(C)NC(C)(C)C2)CC(C)(C)N1. The van der Waals surface area contributed by atoms with Gasteiger partial charge in [-0.2, -0.15) is 0 Å². The summed E-state index contributed by atoms with van der Waals surface area (Å²) in [5.74, 6) is 0.952. The third-order valence-electron chi connectivity index (χ3n) is 5.10. The highest BCUT2D eigenvalue weighted by Gasteiger charge is 2.34. The first kappa shape index (κ1) is 24.6. The quantitative estimate of drug-likeness (QED) is 0.466. The van der Waals surface area contributed by atoms with Gasteiger partial charge in [0.2, 0.25) is 0 Å². The normalized spacial score (nSPS) is 23.7. The van der Waals surface area contributed by atoms with Crippen LogP contribution < -0.4 is 10.6 Å². The van der Waals surface area contributed by atoms with Crippen LogP contribution in [0, 0.1) is 0 Å². The monoisotopic (exact) mass is 420 g/mol. The Labute approximate surface area is 181 Å². The number of hydrogen-bond donors (Lipinski definition) is 2. The summed E-state index contributed by atoms with van der Waals surface area (Å²) in [6.07, 6.45) is 7.09. The van der Waals surface area contributed by atoms with Gasteiger partial charge in [0.05, 0.1) is 0 Å². The van der Waals surface area contributed by atoms with E-state index >= 15 is 0 Å². The second kappa shape index (κ2) is 8.83. The number of ether oxygens (including phenoxy) is 2. The zero-order chi connectivity index (χ0) is 22.8. The van der Waals surface area contributed by atoms with E-state index in [-0.39, 0.29) is 34.1 Å². The molecule has 170 valence electrons. The average Bonchev–Trinajstić information content (AvgIpc) is 2.44. The zero-order valence-corrected chi connectivity index (χ0v) is 20.0. The summed E-state index contributed by atoms with van der Waals surface area (Å²) >= 11 is 0. The predicted molar refractivity (Wildman–Crippen MR) is 119 cm³/mol. The maximum atomic E-state index is 12.2. The summed E-state index contributed by atoms with van der Waals surface area (Å²) in [6.45, 7) is 16.6. The maximum Gasteiger partial charge on any atom is 0.310 e. The van der Waals surface area contributed by atoms with Crippen LogP contribution in [0.4, 0.5) is 0 Å². The lowest BCUT2D eigenvalue weighted by Gasteiger charge is -2.40. The van der Waals surface area contributed by atoms with Gasteiger partial charge in [-0.1, -0.05) is 0 Å². The van der Waals surface area contributed by atoms with Gasteiger partial charge in [-0.3, -0.25) is 9.59 Å². The van der Waals surface area contributed by atoms with Crippen LogP contribution in [-0.4, -0.2) is 34.1 Å². The van der Waals surface area contributed by atoms with Crippen LogP contribution in [0.5, 0.6) is 0 Å². The fourth-order valence-corrected chi connectivity index (χ4v) is 4.75. The molecule has 0 atom stereocenters. The van der Waals surface area contributed by atoms with Crippen molar-refractivity contribution in [2.45, 2.75) is 116 Å². The topological polar surface area (TPSA) is 76.7 Å². The molecule has 0 saturated carbocycles. The van der Waals surface area contributed by atoms with Crippen LogP contribution in [0.15, 0.2) is 23.7 Å². The smallest absolute Gasteiger partial charge is 0.310 e. The molecule has 0 radical (unpaired) electrons. The molecule has 0 aromatic rings. The Kier molecular flexibility index (Phi) is 7.25. The van der Waals surface area contributed by atoms with Crippen LogP contribution in [0.3, 0.4) is 0 Å². The summed E-state index contributed by atoms with van der Waals surface area (Å²) in [5.41, 5.74) is -0.671. The summed E-state index contributed by atoms with van der Waals surface area (Å²) in [5, 5.41) is 7.03. The number of carbonyl (C=O) groups excluding carboxylic acids is 2. The standard InChI is InChI=1S/C24H40N2O4/c1-21(2)13-17(14-22(3,4)25-21)29-19(27)11-9-10-12-20(28)30-18-15-23(5,6)26-24(7,8)16-18/h13,15,25-26H,9-12,14,16H2,1-8H3. The minimum absolute atomic E-state index is 0.121. The lowest BCUT2D eigenvalue weighted by atomic mass is 9.87. The van der Waals surface area contributed by atoms with Crippen LogP contribution in [0.1, 0.15) is 93.9 Å². The first-order valence-corrected chi connectivity index (χ1v) is 11.0. The first-order chi connectivity index (χ1) is 13.6. The second-order valence-corrected chi connectivity index (χ2v) is 11.2. The van der Waals surface area contributed by atoms with E-state index in [2.05, 4.69) is 66.0 Å². The van der Waals surface area contributed by atoms with Gasteiger partial charge in [0.15, 0.2) is 0 Å². The fraction of sp³-hybridized carbons (Fsp3) is 0.750. The molecule has 0 unspecified atom stereocenters. The summed E-state index contributed by atoms with van der Waals surface area (Å²) in [4.78, 5) is 24.4. The van der Waals surface area contributed by atoms with Crippen molar-refractivity contribution in [2.75, 3.05) is 0 Å². The van der Waals surface area contributed by atoms with Crippen molar-refractivity contribution in [3.8, 4) is 0 Å². The minimum Gasteiger partial charge on any atom is -0.431 e. The summed E-state index contributed by atoms with van der Waals surface area (Å²) < 4.78 is 11.2. The Bertz CT molecular complexity index is 667. The Morgan fingerprint density at radius 2 is 1.07 bits per heavy atom. The van der Waals surface area contributed by atoms with Crippen molar-refractivity contribution in [3.63, 3.8) is 0 Å². The van der Waals surface area contributed by atoms with Gasteiger partial charge in [-0.05, 0) is 80.4 Å². The highest BCUT2D eigenvalue weighted by atomic mass is 16.5.